The molecule has 0 radical (unpaired) electrons. The number of nitrogens with zero attached hydrogens (tertiary/aromatic N) is 1. The zero-order valence-electron chi connectivity index (χ0n) is 13.2. The van der Waals surface area contributed by atoms with Gasteiger partial charge in [-0.05, 0) is 57.6 Å². The first-order valence-corrected chi connectivity index (χ1v) is 8.06. The van der Waals surface area contributed by atoms with Gasteiger partial charge in [-0.1, -0.05) is 45.0 Å². The van der Waals surface area contributed by atoms with Crippen molar-refractivity contribution < 1.29 is 0 Å². The Balaban J connectivity index is 2.15. The van der Waals surface area contributed by atoms with Gasteiger partial charge in [-0.2, -0.15) is 0 Å². The molecule has 0 bridgehead atoms. The fourth-order valence-corrected chi connectivity index (χ4v) is 2.76. The number of halogens is 1. The third kappa shape index (κ3) is 4.39. The summed E-state index contributed by atoms with van der Waals surface area (Å²) in [6, 6.07) is 11.3. The highest BCUT2D eigenvalue weighted by atomic mass is 79.9. The highest BCUT2D eigenvalue weighted by molar-refractivity contribution is 9.10. The summed E-state index contributed by atoms with van der Waals surface area (Å²) in [7, 11) is 2.00. The predicted octanol–water partition coefficient (Wildman–Crippen LogP) is 4.64. The van der Waals surface area contributed by atoms with Crippen molar-refractivity contribution in [1.82, 2.24) is 10.3 Å². The standard InChI is InChI=1S/C18H23BrN2/c1-18(2,3)15-7-5-13(6-8-15)9-17(20-4)14-10-16(19)12-21-11-14/h5-8,10-12,17,20H,9H2,1-4H3. The minimum absolute atomic E-state index is 0.204. The molecule has 1 unspecified atom stereocenters. The summed E-state index contributed by atoms with van der Waals surface area (Å²) in [4.78, 5) is 4.25. The van der Waals surface area contributed by atoms with Crippen LogP contribution in [0.15, 0.2) is 47.2 Å². The van der Waals surface area contributed by atoms with E-state index >= 15 is 0 Å². The first-order chi connectivity index (χ1) is 9.90. The van der Waals surface area contributed by atoms with Gasteiger partial charge in [-0.25, -0.2) is 0 Å². The number of rotatable bonds is 4. The molecule has 112 valence electrons. The lowest BCUT2D eigenvalue weighted by molar-refractivity contribution is 0.582. The Labute approximate surface area is 136 Å². The van der Waals surface area contributed by atoms with E-state index in [1.165, 1.54) is 16.7 Å². The lowest BCUT2D eigenvalue weighted by Gasteiger charge is -2.20. The zero-order valence-corrected chi connectivity index (χ0v) is 14.7. The van der Waals surface area contributed by atoms with Gasteiger partial charge in [0.05, 0.1) is 0 Å². The number of hydrogen-bond acceptors (Lipinski definition) is 2. The van der Waals surface area contributed by atoms with Crippen LogP contribution in [0, 0.1) is 0 Å². The summed E-state index contributed by atoms with van der Waals surface area (Å²) >= 11 is 3.49. The molecule has 1 aromatic carbocycles. The monoisotopic (exact) mass is 346 g/mol. The minimum atomic E-state index is 0.204. The largest absolute Gasteiger partial charge is 0.313 e. The van der Waals surface area contributed by atoms with Gasteiger partial charge >= 0.3 is 0 Å². The minimum Gasteiger partial charge on any atom is -0.313 e. The van der Waals surface area contributed by atoms with Crippen LogP contribution in [0.5, 0.6) is 0 Å². The van der Waals surface area contributed by atoms with Gasteiger partial charge in [-0.3, -0.25) is 4.98 Å². The fraction of sp³-hybridized carbons (Fsp3) is 0.389. The molecule has 0 saturated carbocycles. The van der Waals surface area contributed by atoms with Crippen molar-refractivity contribution in [3.8, 4) is 0 Å². The van der Waals surface area contributed by atoms with E-state index in [0.29, 0.717) is 0 Å². The molecule has 2 aromatic rings. The third-order valence-electron chi connectivity index (χ3n) is 3.74. The summed E-state index contributed by atoms with van der Waals surface area (Å²) in [5, 5.41) is 3.38. The van der Waals surface area contributed by atoms with Crippen molar-refractivity contribution in [2.24, 2.45) is 0 Å². The van der Waals surface area contributed by atoms with Crippen LogP contribution in [-0.4, -0.2) is 12.0 Å². The Morgan fingerprint density at radius 3 is 2.33 bits per heavy atom. The highest BCUT2D eigenvalue weighted by Crippen LogP contribution is 2.24. The van der Waals surface area contributed by atoms with E-state index in [0.717, 1.165) is 10.9 Å². The van der Waals surface area contributed by atoms with Crippen LogP contribution >= 0.6 is 15.9 Å². The number of nitrogens with one attached hydrogen (secondary N) is 1. The number of likely N-dealkylation sites (N-methyl/N-ethyl adjacent to an activating group) is 1. The number of pyridine rings is 1. The molecule has 3 heteroatoms. The van der Waals surface area contributed by atoms with Crippen LogP contribution in [-0.2, 0) is 11.8 Å². The maximum atomic E-state index is 4.25. The Hall–Kier alpha value is -1.19. The molecule has 0 aliphatic heterocycles. The fourth-order valence-electron chi connectivity index (χ4n) is 2.38. The van der Waals surface area contributed by atoms with Crippen molar-refractivity contribution >= 4 is 15.9 Å². The van der Waals surface area contributed by atoms with Gasteiger partial charge in [0.1, 0.15) is 0 Å². The van der Waals surface area contributed by atoms with E-state index in [2.05, 4.69) is 77.3 Å². The van der Waals surface area contributed by atoms with Gasteiger partial charge < -0.3 is 5.32 Å². The van der Waals surface area contributed by atoms with Crippen LogP contribution in [0.1, 0.15) is 43.5 Å². The van der Waals surface area contributed by atoms with Crippen LogP contribution in [0.3, 0.4) is 0 Å². The summed E-state index contributed by atoms with van der Waals surface area (Å²) in [6.45, 7) is 6.72. The van der Waals surface area contributed by atoms with Crippen molar-refractivity contribution in [2.45, 2.75) is 38.6 Å². The molecule has 1 heterocycles. The van der Waals surface area contributed by atoms with Crippen LogP contribution in [0.25, 0.3) is 0 Å². The van der Waals surface area contributed by atoms with Crippen LogP contribution < -0.4 is 5.32 Å². The van der Waals surface area contributed by atoms with E-state index in [1.54, 1.807) is 0 Å². The van der Waals surface area contributed by atoms with Gasteiger partial charge in [0, 0.05) is 22.9 Å². The van der Waals surface area contributed by atoms with Gasteiger partial charge in [0.15, 0.2) is 0 Å². The quantitative estimate of drug-likeness (QED) is 0.871. The summed E-state index contributed by atoms with van der Waals surface area (Å²) in [5.41, 5.74) is 4.11. The smallest absolute Gasteiger partial charge is 0.0410 e. The van der Waals surface area contributed by atoms with E-state index in [9.17, 15) is 0 Å². The van der Waals surface area contributed by atoms with E-state index in [-0.39, 0.29) is 11.5 Å². The molecule has 1 N–H and O–H groups in total. The Bertz CT molecular complexity index is 585. The van der Waals surface area contributed by atoms with Crippen molar-refractivity contribution in [1.29, 1.82) is 0 Å². The summed E-state index contributed by atoms with van der Waals surface area (Å²) in [6.07, 6.45) is 4.70. The van der Waals surface area contributed by atoms with Crippen LogP contribution in [0.4, 0.5) is 0 Å². The van der Waals surface area contributed by atoms with Gasteiger partial charge in [0.25, 0.3) is 0 Å². The Morgan fingerprint density at radius 1 is 1.14 bits per heavy atom. The molecule has 1 aromatic heterocycles. The lowest BCUT2D eigenvalue weighted by Crippen LogP contribution is -2.19. The molecule has 2 nitrogen and oxygen atoms in total. The average Bonchev–Trinajstić information content (AvgIpc) is 2.44. The second-order valence-electron chi connectivity index (χ2n) is 6.43. The second-order valence-corrected chi connectivity index (χ2v) is 7.34. The van der Waals surface area contributed by atoms with Gasteiger partial charge in [-0.15, -0.1) is 0 Å². The highest BCUT2D eigenvalue weighted by Gasteiger charge is 2.14. The molecule has 0 spiro atoms. The summed E-state index contributed by atoms with van der Waals surface area (Å²) in [5.74, 6) is 0. The molecule has 0 aliphatic carbocycles. The topological polar surface area (TPSA) is 24.9 Å². The maximum absolute atomic E-state index is 4.25. The van der Waals surface area contributed by atoms with Crippen molar-refractivity contribution in [3.05, 3.63) is 63.9 Å². The third-order valence-corrected chi connectivity index (χ3v) is 4.17. The lowest BCUT2D eigenvalue weighted by atomic mass is 9.86. The SMILES string of the molecule is CNC(Cc1ccc(C(C)(C)C)cc1)c1cncc(Br)c1. The van der Waals surface area contributed by atoms with E-state index in [4.69, 9.17) is 0 Å². The molecule has 0 amide bonds. The second kappa shape index (κ2) is 6.71. The Kier molecular flexibility index (Phi) is 5.17. The Morgan fingerprint density at radius 2 is 1.81 bits per heavy atom. The average molecular weight is 347 g/mol. The molecule has 2 rings (SSSR count). The molecule has 0 aliphatic rings. The molecule has 0 fully saturated rings. The first kappa shape index (κ1) is 16.2. The van der Waals surface area contributed by atoms with E-state index in [1.807, 2.05) is 19.4 Å². The number of benzene rings is 1. The molecule has 1 atom stereocenters. The number of aromatic nitrogens is 1. The van der Waals surface area contributed by atoms with Crippen molar-refractivity contribution in [3.63, 3.8) is 0 Å². The normalized spacial score (nSPS) is 13.2. The summed E-state index contributed by atoms with van der Waals surface area (Å²) < 4.78 is 1.02. The first-order valence-electron chi connectivity index (χ1n) is 7.27. The molecular weight excluding hydrogens is 324 g/mol. The number of hydrogen-bond donors (Lipinski definition) is 1. The predicted molar refractivity (Wildman–Crippen MR) is 92.6 cm³/mol. The molecular formula is C18H23BrN2. The van der Waals surface area contributed by atoms with Crippen LogP contribution in [0.2, 0.25) is 0 Å². The zero-order chi connectivity index (χ0) is 15.5. The molecule has 0 saturated heterocycles. The van der Waals surface area contributed by atoms with E-state index < -0.39 is 0 Å². The molecule has 21 heavy (non-hydrogen) atoms. The van der Waals surface area contributed by atoms with Crippen molar-refractivity contribution in [2.75, 3.05) is 7.05 Å². The van der Waals surface area contributed by atoms with Gasteiger partial charge in [0.2, 0.25) is 0 Å². The maximum Gasteiger partial charge on any atom is 0.0410 e.